The van der Waals surface area contributed by atoms with Gasteiger partial charge < -0.3 is 24.8 Å². The van der Waals surface area contributed by atoms with Gasteiger partial charge in [0.15, 0.2) is 5.96 Å². The number of guanidine groups is 1. The van der Waals surface area contributed by atoms with Gasteiger partial charge in [-0.25, -0.2) is 0 Å². The van der Waals surface area contributed by atoms with E-state index in [0.717, 1.165) is 97.3 Å². The van der Waals surface area contributed by atoms with Crippen molar-refractivity contribution in [2.45, 2.75) is 58.7 Å². The second-order valence-corrected chi connectivity index (χ2v) is 8.04. The highest BCUT2D eigenvalue weighted by Crippen LogP contribution is 2.14. The molecule has 0 amide bonds. The standard InChI is InChI=1S/C21H42N4O3.HI/c1-4-22-21(23-9-5-11-25-15-18(2)28-19(3)16-25)24-10-6-12-27-17-20-7-13-26-14-8-20;/h18-20H,4-17H2,1-3H3,(H2,22,23,24);1H. The van der Waals surface area contributed by atoms with E-state index in [1.54, 1.807) is 0 Å². The van der Waals surface area contributed by atoms with Gasteiger partial charge in [-0.15, -0.1) is 24.0 Å². The lowest BCUT2D eigenvalue weighted by atomic mass is 10.0. The van der Waals surface area contributed by atoms with E-state index in [1.165, 1.54) is 0 Å². The molecule has 2 heterocycles. The van der Waals surface area contributed by atoms with E-state index in [4.69, 9.17) is 14.2 Å². The van der Waals surface area contributed by atoms with Gasteiger partial charge in [-0.2, -0.15) is 0 Å². The van der Waals surface area contributed by atoms with Crippen LogP contribution in [0.5, 0.6) is 0 Å². The molecule has 0 saturated carbocycles. The number of nitrogens with one attached hydrogen (secondary N) is 2. The van der Waals surface area contributed by atoms with E-state index in [1.807, 2.05) is 0 Å². The molecule has 2 aliphatic rings. The molecule has 0 aromatic carbocycles. The molecule has 0 aromatic heterocycles. The molecule has 2 rings (SSSR count). The van der Waals surface area contributed by atoms with Gasteiger partial charge in [0.25, 0.3) is 0 Å². The topological polar surface area (TPSA) is 67.4 Å². The molecule has 2 fully saturated rings. The summed E-state index contributed by atoms with van der Waals surface area (Å²) in [6.45, 7) is 15.6. The predicted molar refractivity (Wildman–Crippen MR) is 129 cm³/mol. The van der Waals surface area contributed by atoms with Gasteiger partial charge in [0.1, 0.15) is 0 Å². The van der Waals surface area contributed by atoms with Crippen molar-refractivity contribution in [3.05, 3.63) is 0 Å². The number of morpholine rings is 1. The van der Waals surface area contributed by atoms with E-state index in [9.17, 15) is 0 Å². The number of ether oxygens (including phenoxy) is 3. The largest absolute Gasteiger partial charge is 0.381 e. The van der Waals surface area contributed by atoms with Gasteiger partial charge >= 0.3 is 0 Å². The SMILES string of the molecule is CCNC(=NCCCOCC1CCOCC1)NCCCN1CC(C)OC(C)C1.I. The maximum atomic E-state index is 5.82. The zero-order chi connectivity index (χ0) is 20.0. The summed E-state index contributed by atoms with van der Waals surface area (Å²) >= 11 is 0. The summed E-state index contributed by atoms with van der Waals surface area (Å²) in [5.74, 6) is 1.59. The van der Waals surface area contributed by atoms with Gasteiger partial charge in [0.2, 0.25) is 0 Å². The van der Waals surface area contributed by atoms with Crippen LogP contribution in [0.1, 0.15) is 46.5 Å². The summed E-state index contributed by atoms with van der Waals surface area (Å²) in [4.78, 5) is 7.17. The Hall–Kier alpha value is -0.160. The van der Waals surface area contributed by atoms with Crippen LogP contribution in [-0.2, 0) is 14.2 Å². The quantitative estimate of drug-likeness (QED) is 0.187. The molecule has 172 valence electrons. The number of halogens is 1. The molecule has 2 atom stereocenters. The third-order valence-corrected chi connectivity index (χ3v) is 5.19. The Labute approximate surface area is 194 Å². The molecule has 0 radical (unpaired) electrons. The first-order valence-electron chi connectivity index (χ1n) is 11.2. The average molecular weight is 527 g/mol. The molecule has 0 spiro atoms. The van der Waals surface area contributed by atoms with Crippen molar-refractivity contribution in [2.75, 3.05) is 65.7 Å². The van der Waals surface area contributed by atoms with Crippen molar-refractivity contribution in [2.24, 2.45) is 10.9 Å². The van der Waals surface area contributed by atoms with Gasteiger partial charge in [0, 0.05) is 65.7 Å². The molecular formula is C21H43IN4O3. The van der Waals surface area contributed by atoms with Gasteiger partial charge in [-0.3, -0.25) is 9.89 Å². The minimum absolute atomic E-state index is 0. The molecule has 29 heavy (non-hydrogen) atoms. The van der Waals surface area contributed by atoms with Crippen molar-refractivity contribution in [1.82, 2.24) is 15.5 Å². The van der Waals surface area contributed by atoms with Crippen molar-refractivity contribution in [3.8, 4) is 0 Å². The van der Waals surface area contributed by atoms with E-state index in [0.29, 0.717) is 18.1 Å². The van der Waals surface area contributed by atoms with Crippen LogP contribution in [0, 0.1) is 5.92 Å². The fraction of sp³-hybridized carbons (Fsp3) is 0.952. The summed E-state index contributed by atoms with van der Waals surface area (Å²) in [7, 11) is 0. The second kappa shape index (κ2) is 16.5. The molecule has 0 bridgehead atoms. The van der Waals surface area contributed by atoms with Crippen LogP contribution in [0.4, 0.5) is 0 Å². The Morgan fingerprint density at radius 1 is 1.10 bits per heavy atom. The number of rotatable bonds is 11. The Morgan fingerprint density at radius 3 is 2.52 bits per heavy atom. The van der Waals surface area contributed by atoms with Crippen LogP contribution in [0.15, 0.2) is 4.99 Å². The number of nitrogens with zero attached hydrogens (tertiary/aromatic N) is 2. The van der Waals surface area contributed by atoms with Gasteiger partial charge in [-0.1, -0.05) is 0 Å². The van der Waals surface area contributed by atoms with Crippen molar-refractivity contribution >= 4 is 29.9 Å². The molecule has 0 aliphatic carbocycles. The minimum Gasteiger partial charge on any atom is -0.381 e. The number of hydrogen-bond donors (Lipinski definition) is 2. The van der Waals surface area contributed by atoms with Crippen molar-refractivity contribution in [1.29, 1.82) is 0 Å². The lowest BCUT2D eigenvalue weighted by molar-refractivity contribution is -0.0679. The first-order chi connectivity index (χ1) is 13.7. The highest BCUT2D eigenvalue weighted by atomic mass is 127. The van der Waals surface area contributed by atoms with Crippen LogP contribution in [0.25, 0.3) is 0 Å². The monoisotopic (exact) mass is 526 g/mol. The first kappa shape index (κ1) is 26.9. The molecule has 0 aromatic rings. The first-order valence-corrected chi connectivity index (χ1v) is 11.2. The Kier molecular flexibility index (Phi) is 15.3. The maximum Gasteiger partial charge on any atom is 0.191 e. The minimum atomic E-state index is 0. The summed E-state index contributed by atoms with van der Waals surface area (Å²) in [6, 6.07) is 0. The van der Waals surface area contributed by atoms with Crippen LogP contribution in [-0.4, -0.2) is 88.8 Å². The Morgan fingerprint density at radius 2 is 1.83 bits per heavy atom. The second-order valence-electron chi connectivity index (χ2n) is 8.04. The van der Waals surface area contributed by atoms with E-state index in [2.05, 4.69) is 41.3 Å². The molecule has 2 aliphatic heterocycles. The molecular weight excluding hydrogens is 483 g/mol. The summed E-state index contributed by atoms with van der Waals surface area (Å²) in [5.41, 5.74) is 0. The maximum absolute atomic E-state index is 5.82. The molecule has 7 nitrogen and oxygen atoms in total. The lowest BCUT2D eigenvalue weighted by Gasteiger charge is -2.35. The van der Waals surface area contributed by atoms with E-state index in [-0.39, 0.29) is 24.0 Å². The van der Waals surface area contributed by atoms with Crippen molar-refractivity contribution < 1.29 is 14.2 Å². The Balaban J connectivity index is 0.00000420. The third-order valence-electron chi connectivity index (χ3n) is 5.19. The van der Waals surface area contributed by atoms with Crippen LogP contribution in [0.3, 0.4) is 0 Å². The van der Waals surface area contributed by atoms with Crippen LogP contribution >= 0.6 is 24.0 Å². The normalized spacial score (nSPS) is 24.2. The van der Waals surface area contributed by atoms with Crippen molar-refractivity contribution in [3.63, 3.8) is 0 Å². The zero-order valence-electron chi connectivity index (χ0n) is 18.7. The summed E-state index contributed by atoms with van der Waals surface area (Å²) in [6.07, 6.45) is 5.01. The van der Waals surface area contributed by atoms with Crippen LogP contribution in [0.2, 0.25) is 0 Å². The van der Waals surface area contributed by atoms with Crippen LogP contribution < -0.4 is 10.6 Å². The highest BCUT2D eigenvalue weighted by molar-refractivity contribution is 14.0. The number of hydrogen-bond acceptors (Lipinski definition) is 5. The third kappa shape index (κ3) is 12.3. The molecule has 2 N–H and O–H groups in total. The van der Waals surface area contributed by atoms with Gasteiger partial charge in [0.05, 0.1) is 12.2 Å². The molecule has 8 heteroatoms. The molecule has 2 unspecified atom stereocenters. The molecule has 2 saturated heterocycles. The zero-order valence-corrected chi connectivity index (χ0v) is 21.0. The smallest absolute Gasteiger partial charge is 0.191 e. The fourth-order valence-electron chi connectivity index (χ4n) is 3.84. The summed E-state index contributed by atoms with van der Waals surface area (Å²) in [5, 5.41) is 6.78. The fourth-order valence-corrected chi connectivity index (χ4v) is 3.84. The summed E-state index contributed by atoms with van der Waals surface area (Å²) < 4.78 is 17.0. The van der Waals surface area contributed by atoms with Gasteiger partial charge in [-0.05, 0) is 52.4 Å². The Bertz CT molecular complexity index is 426. The average Bonchev–Trinajstić information content (AvgIpc) is 2.68. The highest BCUT2D eigenvalue weighted by Gasteiger charge is 2.21. The lowest BCUT2D eigenvalue weighted by Crippen LogP contribution is -2.46. The van der Waals surface area contributed by atoms with E-state index >= 15 is 0 Å². The van der Waals surface area contributed by atoms with E-state index < -0.39 is 0 Å². The number of aliphatic imine (C=N–C) groups is 1. The predicted octanol–water partition coefficient (Wildman–Crippen LogP) is 2.49.